The fourth-order valence-electron chi connectivity index (χ4n) is 1.77. The zero-order chi connectivity index (χ0) is 15.6. The van der Waals surface area contributed by atoms with E-state index < -0.39 is 5.97 Å². The number of nitrogens with zero attached hydrogens (tertiary/aromatic N) is 2. The number of aromatic carboxylic acids is 1. The third kappa shape index (κ3) is 3.25. The van der Waals surface area contributed by atoms with Crippen LogP contribution in [0.5, 0.6) is 0 Å². The molecule has 0 saturated heterocycles. The van der Waals surface area contributed by atoms with E-state index in [9.17, 15) is 14.4 Å². The number of benzene rings is 1. The van der Waals surface area contributed by atoms with Gasteiger partial charge in [0.2, 0.25) is 0 Å². The first-order valence-electron chi connectivity index (χ1n) is 6.12. The molecule has 0 fully saturated rings. The SMILES string of the molecule is Cn1c(CSc2ccc(C(=O)O)cc2)cc(=O)n(C)c1=O. The van der Waals surface area contributed by atoms with Crippen molar-refractivity contribution in [3.05, 3.63) is 62.4 Å². The smallest absolute Gasteiger partial charge is 0.335 e. The molecule has 0 aliphatic heterocycles. The second kappa shape index (κ2) is 6.01. The van der Waals surface area contributed by atoms with Crippen molar-refractivity contribution in [2.45, 2.75) is 10.6 Å². The van der Waals surface area contributed by atoms with E-state index >= 15 is 0 Å². The van der Waals surface area contributed by atoms with Crippen LogP contribution >= 0.6 is 11.8 Å². The number of aromatic nitrogens is 2. The van der Waals surface area contributed by atoms with Crippen LogP contribution in [0.4, 0.5) is 0 Å². The molecule has 2 aromatic rings. The van der Waals surface area contributed by atoms with Crippen molar-refractivity contribution >= 4 is 17.7 Å². The molecule has 110 valence electrons. The van der Waals surface area contributed by atoms with E-state index in [4.69, 9.17) is 5.11 Å². The van der Waals surface area contributed by atoms with Crippen LogP contribution in [0.25, 0.3) is 0 Å². The zero-order valence-corrected chi connectivity index (χ0v) is 12.4. The van der Waals surface area contributed by atoms with Gasteiger partial charge in [-0.25, -0.2) is 9.59 Å². The quantitative estimate of drug-likeness (QED) is 0.855. The Balaban J connectivity index is 2.19. The molecule has 6 nitrogen and oxygen atoms in total. The Morgan fingerprint density at radius 1 is 1.14 bits per heavy atom. The van der Waals surface area contributed by atoms with Gasteiger partial charge in [0.05, 0.1) is 5.56 Å². The van der Waals surface area contributed by atoms with Crippen LogP contribution in [-0.2, 0) is 19.8 Å². The van der Waals surface area contributed by atoms with Gasteiger partial charge in [0, 0.05) is 36.5 Å². The van der Waals surface area contributed by atoms with Gasteiger partial charge in [0.25, 0.3) is 5.56 Å². The number of rotatable bonds is 4. The molecule has 0 unspecified atom stereocenters. The first-order valence-corrected chi connectivity index (χ1v) is 7.11. The molecule has 0 amide bonds. The van der Waals surface area contributed by atoms with Gasteiger partial charge in [-0.15, -0.1) is 11.8 Å². The minimum absolute atomic E-state index is 0.223. The van der Waals surface area contributed by atoms with Crippen LogP contribution in [0.15, 0.2) is 44.8 Å². The molecular weight excluding hydrogens is 292 g/mol. The lowest BCUT2D eigenvalue weighted by Crippen LogP contribution is -2.37. The summed E-state index contributed by atoms with van der Waals surface area (Å²) >= 11 is 1.43. The van der Waals surface area contributed by atoms with E-state index in [0.29, 0.717) is 11.4 Å². The highest BCUT2D eigenvalue weighted by molar-refractivity contribution is 7.98. The van der Waals surface area contributed by atoms with E-state index in [1.54, 1.807) is 19.2 Å². The predicted molar refractivity (Wildman–Crippen MR) is 79.9 cm³/mol. The summed E-state index contributed by atoms with van der Waals surface area (Å²) in [6, 6.07) is 7.88. The molecule has 0 spiro atoms. The maximum atomic E-state index is 11.8. The molecular formula is C14H14N2O4S. The molecule has 1 N–H and O–H groups in total. The third-order valence-electron chi connectivity index (χ3n) is 3.11. The van der Waals surface area contributed by atoms with Crippen molar-refractivity contribution in [3.63, 3.8) is 0 Å². The standard InChI is InChI=1S/C14H14N2O4S/c1-15-10(7-12(17)16(2)14(15)20)8-21-11-5-3-9(4-6-11)13(18)19/h3-7H,8H2,1-2H3,(H,18,19). The monoisotopic (exact) mass is 306 g/mol. The van der Waals surface area contributed by atoms with Gasteiger partial charge < -0.3 is 5.11 Å². The molecule has 0 atom stereocenters. The molecule has 0 aliphatic rings. The van der Waals surface area contributed by atoms with Crippen molar-refractivity contribution in [3.8, 4) is 0 Å². The molecule has 21 heavy (non-hydrogen) atoms. The van der Waals surface area contributed by atoms with Gasteiger partial charge in [-0.2, -0.15) is 0 Å². The van der Waals surface area contributed by atoms with Gasteiger partial charge >= 0.3 is 11.7 Å². The Morgan fingerprint density at radius 3 is 2.33 bits per heavy atom. The van der Waals surface area contributed by atoms with Gasteiger partial charge in [0.15, 0.2) is 0 Å². The largest absolute Gasteiger partial charge is 0.478 e. The summed E-state index contributed by atoms with van der Waals surface area (Å²) in [5.41, 5.74) is 0.144. The highest BCUT2D eigenvalue weighted by atomic mass is 32.2. The predicted octanol–water partition coefficient (Wildman–Crippen LogP) is 1.07. The summed E-state index contributed by atoms with van der Waals surface area (Å²) in [5, 5.41) is 8.83. The fourth-order valence-corrected chi connectivity index (χ4v) is 2.69. The van der Waals surface area contributed by atoms with Crippen molar-refractivity contribution in [1.29, 1.82) is 0 Å². The average molecular weight is 306 g/mol. The van der Waals surface area contributed by atoms with Gasteiger partial charge in [-0.1, -0.05) is 0 Å². The van der Waals surface area contributed by atoms with Gasteiger partial charge in [-0.05, 0) is 24.3 Å². The molecule has 0 saturated carbocycles. The Bertz CT molecular complexity index is 790. The van der Waals surface area contributed by atoms with Crippen LogP contribution in [-0.4, -0.2) is 20.2 Å². The van der Waals surface area contributed by atoms with Crippen LogP contribution in [0.1, 0.15) is 16.1 Å². The van der Waals surface area contributed by atoms with Crippen LogP contribution in [0.3, 0.4) is 0 Å². The van der Waals surface area contributed by atoms with Gasteiger partial charge in [0.1, 0.15) is 0 Å². The lowest BCUT2D eigenvalue weighted by molar-refractivity contribution is 0.0697. The van der Waals surface area contributed by atoms with E-state index in [2.05, 4.69) is 0 Å². The number of carboxylic acid groups (broad SMARTS) is 1. The third-order valence-corrected chi connectivity index (χ3v) is 4.16. The highest BCUT2D eigenvalue weighted by Crippen LogP contribution is 2.22. The van der Waals surface area contributed by atoms with Crippen molar-refractivity contribution in [2.75, 3.05) is 0 Å². The van der Waals surface area contributed by atoms with Crippen molar-refractivity contribution in [2.24, 2.45) is 14.1 Å². The average Bonchev–Trinajstić information content (AvgIpc) is 2.48. The van der Waals surface area contributed by atoms with E-state index in [0.717, 1.165) is 9.46 Å². The fraction of sp³-hybridized carbons (Fsp3) is 0.214. The van der Waals surface area contributed by atoms with E-state index in [-0.39, 0.29) is 16.8 Å². The molecule has 7 heteroatoms. The minimum atomic E-state index is -0.972. The summed E-state index contributed by atoms with van der Waals surface area (Å²) in [6.45, 7) is 0. The maximum absolute atomic E-state index is 11.8. The minimum Gasteiger partial charge on any atom is -0.478 e. The Hall–Kier alpha value is -2.28. The number of carboxylic acids is 1. The van der Waals surface area contributed by atoms with Crippen LogP contribution in [0, 0.1) is 0 Å². The Labute approximate surface area is 124 Å². The topological polar surface area (TPSA) is 81.3 Å². The molecule has 1 heterocycles. The zero-order valence-electron chi connectivity index (χ0n) is 11.6. The summed E-state index contributed by atoms with van der Waals surface area (Å²) in [6.07, 6.45) is 0. The molecule has 1 aromatic heterocycles. The van der Waals surface area contributed by atoms with Crippen LogP contribution < -0.4 is 11.2 Å². The summed E-state index contributed by atoms with van der Waals surface area (Å²) in [4.78, 5) is 35.0. The lowest BCUT2D eigenvalue weighted by atomic mass is 10.2. The number of carbonyl (C=O) groups is 1. The van der Waals surface area contributed by atoms with Crippen LogP contribution in [0.2, 0.25) is 0 Å². The van der Waals surface area contributed by atoms with Gasteiger partial charge in [-0.3, -0.25) is 13.9 Å². The summed E-state index contributed by atoms with van der Waals surface area (Å²) < 4.78 is 2.48. The Morgan fingerprint density at radius 2 is 1.76 bits per heavy atom. The maximum Gasteiger partial charge on any atom is 0.335 e. The second-order valence-corrected chi connectivity index (χ2v) is 5.54. The highest BCUT2D eigenvalue weighted by Gasteiger charge is 2.07. The molecule has 1 aromatic carbocycles. The molecule has 0 bridgehead atoms. The normalized spacial score (nSPS) is 10.6. The first kappa shape index (κ1) is 15.1. The Kier molecular flexibility index (Phi) is 4.32. The van der Waals surface area contributed by atoms with E-state index in [1.165, 1.54) is 41.6 Å². The number of hydrogen-bond donors (Lipinski definition) is 1. The summed E-state index contributed by atoms with van der Waals surface area (Å²) in [7, 11) is 3.05. The lowest BCUT2D eigenvalue weighted by Gasteiger charge is -2.09. The van der Waals surface area contributed by atoms with E-state index in [1.807, 2.05) is 0 Å². The first-order chi connectivity index (χ1) is 9.90. The van der Waals surface area contributed by atoms with Crippen molar-refractivity contribution in [1.82, 2.24) is 9.13 Å². The van der Waals surface area contributed by atoms with Crippen molar-refractivity contribution < 1.29 is 9.90 Å². The molecule has 0 radical (unpaired) electrons. The molecule has 0 aliphatic carbocycles. The summed E-state index contributed by atoms with van der Waals surface area (Å²) in [5.74, 6) is -0.519. The molecule has 2 rings (SSSR count). The number of hydrogen-bond acceptors (Lipinski definition) is 4. The second-order valence-electron chi connectivity index (χ2n) is 4.49. The number of thioether (sulfide) groups is 1.